The van der Waals surface area contributed by atoms with E-state index in [1.54, 1.807) is 24.3 Å². The normalized spacial score (nSPS) is 12.2. The molecule has 4 rings (SSSR count). The van der Waals surface area contributed by atoms with Gasteiger partial charge in [0.2, 0.25) is 11.3 Å². The van der Waals surface area contributed by atoms with E-state index < -0.39 is 23.1 Å². The number of carboxylic acids is 1. The second kappa shape index (κ2) is 4.60. The van der Waals surface area contributed by atoms with Crippen LogP contribution >= 0.6 is 11.8 Å². The van der Waals surface area contributed by atoms with E-state index in [9.17, 15) is 24.2 Å². The fraction of sp³-hybridized carbons (Fsp3) is 0. The molecule has 23 heavy (non-hydrogen) atoms. The number of nitrogens with zero attached hydrogens (tertiary/aromatic N) is 1. The van der Waals surface area contributed by atoms with Crippen molar-refractivity contribution in [1.82, 2.24) is 4.40 Å². The Balaban J connectivity index is 2.28. The van der Waals surface area contributed by atoms with E-state index in [-0.39, 0.29) is 11.1 Å². The third kappa shape index (κ3) is 1.80. The molecule has 0 atom stereocenters. The maximum absolute atomic E-state index is 14.1. The zero-order valence-corrected chi connectivity index (χ0v) is 12.2. The molecular formula is C16H8FNO4S. The third-order valence-electron chi connectivity index (χ3n) is 3.75. The number of carboxylic acid groups (broad SMARTS) is 1. The molecule has 0 radical (unpaired) electrons. The quantitative estimate of drug-likeness (QED) is 0.561. The number of aromatic carboxylic acids is 1. The standard InChI is InChI=1S/C16H8FNO4S/c17-9-6-18-13-11(5-8(15(18)20)16(21)22)23-10-4-2-1-3-7(10)12(13)14(9)19/h1-6,20H,(H,21,22). The van der Waals surface area contributed by atoms with Gasteiger partial charge in [0, 0.05) is 15.4 Å². The topological polar surface area (TPSA) is 79.0 Å². The number of hydrogen-bond acceptors (Lipinski definition) is 4. The van der Waals surface area contributed by atoms with E-state index in [0.29, 0.717) is 16.0 Å². The van der Waals surface area contributed by atoms with E-state index >= 15 is 0 Å². The molecular weight excluding hydrogens is 321 g/mol. The lowest BCUT2D eigenvalue weighted by Crippen LogP contribution is -2.17. The van der Waals surface area contributed by atoms with Crippen molar-refractivity contribution in [1.29, 1.82) is 0 Å². The molecule has 0 saturated heterocycles. The smallest absolute Gasteiger partial charge is 0.341 e. The predicted molar refractivity (Wildman–Crippen MR) is 81.8 cm³/mol. The van der Waals surface area contributed by atoms with Crippen molar-refractivity contribution in [2.45, 2.75) is 9.79 Å². The van der Waals surface area contributed by atoms with Crippen LogP contribution in [0.1, 0.15) is 10.4 Å². The van der Waals surface area contributed by atoms with Gasteiger partial charge in [0.25, 0.3) is 0 Å². The Morgan fingerprint density at radius 2 is 1.96 bits per heavy atom. The fourth-order valence-corrected chi connectivity index (χ4v) is 3.89. The molecule has 2 aromatic heterocycles. The Hall–Kier alpha value is -2.80. The monoisotopic (exact) mass is 329 g/mol. The highest BCUT2D eigenvalue weighted by molar-refractivity contribution is 7.99. The fourth-order valence-electron chi connectivity index (χ4n) is 2.75. The molecule has 2 N–H and O–H groups in total. The molecule has 0 spiro atoms. The van der Waals surface area contributed by atoms with Crippen LogP contribution in [0.15, 0.2) is 51.1 Å². The summed E-state index contributed by atoms with van der Waals surface area (Å²) in [5.41, 5.74) is -0.131. The molecule has 5 nitrogen and oxygen atoms in total. The highest BCUT2D eigenvalue weighted by Crippen LogP contribution is 2.46. The number of halogens is 1. The largest absolute Gasteiger partial charge is 0.494 e. The molecule has 0 bridgehead atoms. The molecule has 114 valence electrons. The van der Waals surface area contributed by atoms with Gasteiger partial charge in [0.1, 0.15) is 5.56 Å². The lowest BCUT2D eigenvalue weighted by molar-refractivity contribution is 0.0692. The minimum atomic E-state index is -1.33. The Morgan fingerprint density at radius 1 is 1.22 bits per heavy atom. The number of aromatic hydroxyl groups is 1. The molecule has 0 saturated carbocycles. The Labute approximate surface area is 132 Å². The number of pyridine rings is 2. The zero-order chi connectivity index (χ0) is 16.3. The minimum absolute atomic E-state index is 0.126. The van der Waals surface area contributed by atoms with Gasteiger partial charge in [-0.05, 0) is 12.1 Å². The second-order valence-electron chi connectivity index (χ2n) is 5.05. The molecule has 1 aromatic carbocycles. The number of carbonyl (C=O) groups is 1. The van der Waals surface area contributed by atoms with Crippen molar-refractivity contribution in [2.24, 2.45) is 0 Å². The van der Waals surface area contributed by atoms with E-state index in [1.807, 2.05) is 0 Å². The van der Waals surface area contributed by atoms with Crippen LogP contribution in [0.4, 0.5) is 4.39 Å². The lowest BCUT2D eigenvalue weighted by Gasteiger charge is -2.21. The van der Waals surface area contributed by atoms with Crippen LogP contribution < -0.4 is 5.43 Å². The summed E-state index contributed by atoms with van der Waals surface area (Å²) in [5.74, 6) is -3.00. The summed E-state index contributed by atoms with van der Waals surface area (Å²) in [6.07, 6.45) is 0.820. The van der Waals surface area contributed by atoms with E-state index in [0.717, 1.165) is 15.5 Å². The first-order valence-corrected chi connectivity index (χ1v) is 7.42. The molecule has 0 amide bonds. The molecule has 1 aliphatic rings. The van der Waals surface area contributed by atoms with Crippen LogP contribution in [0.2, 0.25) is 0 Å². The number of fused-ring (bicyclic) bond motifs is 2. The van der Waals surface area contributed by atoms with Gasteiger partial charge in [0.15, 0.2) is 5.82 Å². The van der Waals surface area contributed by atoms with Crippen molar-refractivity contribution in [3.63, 3.8) is 0 Å². The summed E-state index contributed by atoms with van der Waals surface area (Å²) >= 11 is 1.27. The first kappa shape index (κ1) is 13.8. The number of aromatic nitrogens is 1. The molecule has 3 heterocycles. The summed E-state index contributed by atoms with van der Waals surface area (Å²) in [6, 6.07) is 8.29. The highest BCUT2D eigenvalue weighted by atomic mass is 32.2. The van der Waals surface area contributed by atoms with Crippen LogP contribution in [0.5, 0.6) is 5.88 Å². The molecule has 0 unspecified atom stereocenters. The van der Waals surface area contributed by atoms with E-state index in [1.165, 1.54) is 17.8 Å². The van der Waals surface area contributed by atoms with E-state index in [2.05, 4.69) is 0 Å². The van der Waals surface area contributed by atoms with Gasteiger partial charge in [-0.15, -0.1) is 0 Å². The summed E-state index contributed by atoms with van der Waals surface area (Å²) in [7, 11) is 0. The van der Waals surface area contributed by atoms with Crippen LogP contribution in [-0.4, -0.2) is 20.6 Å². The van der Waals surface area contributed by atoms with Crippen molar-refractivity contribution in [2.75, 3.05) is 0 Å². The first-order chi connectivity index (χ1) is 11.0. The maximum Gasteiger partial charge on any atom is 0.341 e. The van der Waals surface area contributed by atoms with E-state index in [4.69, 9.17) is 0 Å². The van der Waals surface area contributed by atoms with Gasteiger partial charge in [0.05, 0.1) is 17.3 Å². The van der Waals surface area contributed by atoms with Crippen LogP contribution in [0.25, 0.3) is 16.6 Å². The molecule has 0 fully saturated rings. The maximum atomic E-state index is 14.1. The minimum Gasteiger partial charge on any atom is -0.494 e. The lowest BCUT2D eigenvalue weighted by atomic mass is 10.0. The summed E-state index contributed by atoms with van der Waals surface area (Å²) < 4.78 is 15.1. The predicted octanol–water partition coefficient (Wildman–Crippen LogP) is 2.97. The third-order valence-corrected chi connectivity index (χ3v) is 4.86. The Bertz CT molecular complexity index is 1070. The Morgan fingerprint density at radius 3 is 2.70 bits per heavy atom. The number of rotatable bonds is 1. The van der Waals surface area contributed by atoms with Crippen molar-refractivity contribution in [3.8, 4) is 17.0 Å². The molecule has 7 heteroatoms. The SMILES string of the molecule is O=C(O)c1cc2c3c(c(=O)c(F)cn3c1O)-c1ccccc1S2. The average Bonchev–Trinajstić information content (AvgIpc) is 2.53. The average molecular weight is 329 g/mol. The van der Waals surface area contributed by atoms with Gasteiger partial charge < -0.3 is 10.2 Å². The van der Waals surface area contributed by atoms with Crippen LogP contribution in [0, 0.1) is 5.82 Å². The molecule has 0 aliphatic carbocycles. The van der Waals surface area contributed by atoms with Gasteiger partial charge >= 0.3 is 5.97 Å². The number of hydrogen-bond donors (Lipinski definition) is 2. The van der Waals surface area contributed by atoms with Crippen molar-refractivity contribution >= 4 is 23.2 Å². The first-order valence-electron chi connectivity index (χ1n) is 6.60. The van der Waals surface area contributed by atoms with Crippen molar-refractivity contribution < 1.29 is 19.4 Å². The Kier molecular flexibility index (Phi) is 2.76. The highest BCUT2D eigenvalue weighted by Gasteiger charge is 2.27. The number of benzene rings is 1. The molecule has 1 aliphatic heterocycles. The van der Waals surface area contributed by atoms with Gasteiger partial charge in [-0.3, -0.25) is 9.20 Å². The second-order valence-corrected chi connectivity index (χ2v) is 6.13. The summed E-state index contributed by atoms with van der Waals surface area (Å²) in [5, 5.41) is 19.4. The van der Waals surface area contributed by atoms with Crippen molar-refractivity contribution in [3.05, 3.63) is 58.1 Å². The summed E-state index contributed by atoms with van der Waals surface area (Å²) in [6.45, 7) is 0. The van der Waals surface area contributed by atoms with Gasteiger partial charge in [-0.25, -0.2) is 9.18 Å². The zero-order valence-electron chi connectivity index (χ0n) is 11.4. The summed E-state index contributed by atoms with van der Waals surface area (Å²) in [4.78, 5) is 24.8. The van der Waals surface area contributed by atoms with Gasteiger partial charge in [-0.1, -0.05) is 30.0 Å². The van der Waals surface area contributed by atoms with Gasteiger partial charge in [-0.2, -0.15) is 0 Å². The molecule has 3 aromatic rings. The van der Waals surface area contributed by atoms with Crippen LogP contribution in [0.3, 0.4) is 0 Å². The van der Waals surface area contributed by atoms with Crippen LogP contribution in [-0.2, 0) is 0 Å².